The Kier molecular flexibility index (Phi) is 7.49. The number of amides is 1. The van der Waals surface area contributed by atoms with E-state index in [2.05, 4.69) is 26.5 Å². The molecule has 0 spiro atoms. The number of benzene rings is 2. The molecule has 1 amide bonds. The third-order valence-corrected chi connectivity index (χ3v) is 5.20. The summed E-state index contributed by atoms with van der Waals surface area (Å²) in [7, 11) is 0. The number of rotatable bonds is 10. The van der Waals surface area contributed by atoms with E-state index in [1.165, 1.54) is 0 Å². The Balaban J connectivity index is 1.14. The smallest absolute Gasteiger partial charge is 0.223 e. The van der Waals surface area contributed by atoms with E-state index in [-0.39, 0.29) is 18.4 Å². The summed E-state index contributed by atoms with van der Waals surface area (Å²) in [5.41, 5.74) is 5.10. The van der Waals surface area contributed by atoms with Crippen LogP contribution < -0.4 is 31.1 Å². The predicted octanol–water partition coefficient (Wildman–Crippen LogP) is 0.678. The maximum absolute atomic E-state index is 12.2. The molecule has 2 unspecified atom stereocenters. The summed E-state index contributed by atoms with van der Waals surface area (Å²) in [5, 5.41) is 26.1. The van der Waals surface area contributed by atoms with E-state index in [0.717, 1.165) is 30.5 Å². The Labute approximate surface area is 187 Å². The molecule has 1 fully saturated rings. The van der Waals surface area contributed by atoms with Gasteiger partial charge in [0.15, 0.2) is 12.8 Å². The second-order valence-corrected chi connectivity index (χ2v) is 7.75. The van der Waals surface area contributed by atoms with E-state index in [9.17, 15) is 9.90 Å². The number of anilines is 2. The second-order valence-electron chi connectivity index (χ2n) is 7.75. The van der Waals surface area contributed by atoms with Crippen LogP contribution >= 0.6 is 0 Å². The lowest BCUT2D eigenvalue weighted by Crippen LogP contribution is -2.40. The van der Waals surface area contributed by atoms with Crippen LogP contribution in [0.2, 0.25) is 0 Å². The number of aliphatic hydroxyl groups is 1. The van der Waals surface area contributed by atoms with Gasteiger partial charge in [-0.1, -0.05) is 18.2 Å². The van der Waals surface area contributed by atoms with Crippen LogP contribution in [0.15, 0.2) is 59.7 Å². The largest absolute Gasteiger partial charge is 0.493 e. The maximum Gasteiger partial charge on any atom is 0.223 e. The Hall–Kier alpha value is -3.21. The molecule has 0 saturated carbocycles. The van der Waals surface area contributed by atoms with Gasteiger partial charge in [0.25, 0.3) is 0 Å². The van der Waals surface area contributed by atoms with E-state index in [4.69, 9.17) is 4.74 Å². The molecule has 2 aromatic carbocycles. The van der Waals surface area contributed by atoms with Crippen LogP contribution in [0.25, 0.3) is 0 Å². The number of ether oxygens (including phenoxy) is 1. The molecule has 2 aliphatic rings. The normalized spacial score (nSPS) is 18.8. The fourth-order valence-electron chi connectivity index (χ4n) is 3.62. The van der Waals surface area contributed by atoms with Gasteiger partial charge in [-0.05, 0) is 41.5 Å². The van der Waals surface area contributed by atoms with Crippen LogP contribution in [0.3, 0.4) is 0 Å². The molecule has 0 aromatic heterocycles. The molecule has 1 saturated heterocycles. The van der Waals surface area contributed by atoms with Crippen LogP contribution in [0.5, 0.6) is 5.75 Å². The van der Waals surface area contributed by atoms with Crippen molar-refractivity contribution in [3.8, 4) is 5.75 Å². The van der Waals surface area contributed by atoms with Crippen molar-refractivity contribution in [3.63, 3.8) is 0 Å². The molecule has 4 rings (SSSR count). The quantitative estimate of drug-likeness (QED) is 0.273. The van der Waals surface area contributed by atoms with Crippen molar-refractivity contribution >= 4 is 17.3 Å². The highest BCUT2D eigenvalue weighted by Gasteiger charge is 2.28. The third-order valence-electron chi connectivity index (χ3n) is 5.20. The zero-order chi connectivity index (χ0) is 22.2. The maximum atomic E-state index is 12.2. The third kappa shape index (κ3) is 6.39. The summed E-state index contributed by atoms with van der Waals surface area (Å²) >= 11 is 0. The molecular formula is C22H30N7O3+. The van der Waals surface area contributed by atoms with Crippen molar-refractivity contribution in [3.05, 3.63) is 54.6 Å². The van der Waals surface area contributed by atoms with Crippen LogP contribution in [0.1, 0.15) is 6.42 Å². The lowest BCUT2D eigenvalue weighted by molar-refractivity contribution is -0.588. The highest BCUT2D eigenvalue weighted by molar-refractivity contribution is 5.76. The number of carbonyl (C=O) groups is 1. The van der Waals surface area contributed by atoms with Crippen molar-refractivity contribution in [1.82, 2.24) is 16.1 Å². The zero-order valence-electron chi connectivity index (χ0n) is 17.9. The first kappa shape index (κ1) is 22.0. The fourth-order valence-corrected chi connectivity index (χ4v) is 3.62. The van der Waals surface area contributed by atoms with Crippen LogP contribution in [0.4, 0.5) is 11.4 Å². The number of para-hydroxylation sites is 1. The molecule has 10 heteroatoms. The SMILES string of the molecule is O=C(CCOc1ccccc1)NC1CN=[N+](CC(O)Nc2ccc(N3CNCN3)cc2)C1. The minimum absolute atomic E-state index is 0.0627. The number of aliphatic hydroxyl groups excluding tert-OH is 1. The van der Waals surface area contributed by atoms with Crippen LogP contribution in [-0.2, 0) is 4.79 Å². The van der Waals surface area contributed by atoms with E-state index < -0.39 is 6.23 Å². The molecule has 0 bridgehead atoms. The minimum atomic E-state index is -0.773. The highest BCUT2D eigenvalue weighted by atomic mass is 16.5. The summed E-state index contributed by atoms with van der Waals surface area (Å²) in [6, 6.07) is 17.2. The first-order valence-corrected chi connectivity index (χ1v) is 10.8. The van der Waals surface area contributed by atoms with Gasteiger partial charge in [-0.3, -0.25) is 15.1 Å². The van der Waals surface area contributed by atoms with Crippen LogP contribution in [0, 0.1) is 0 Å². The van der Waals surface area contributed by atoms with E-state index in [1.54, 1.807) is 4.70 Å². The van der Waals surface area contributed by atoms with Gasteiger partial charge in [0.05, 0.1) is 32.1 Å². The molecule has 0 radical (unpaired) electrons. The van der Waals surface area contributed by atoms with Gasteiger partial charge in [-0.2, -0.15) is 0 Å². The Morgan fingerprint density at radius 3 is 2.81 bits per heavy atom. The van der Waals surface area contributed by atoms with Crippen molar-refractivity contribution in [2.24, 2.45) is 5.11 Å². The van der Waals surface area contributed by atoms with Crippen LogP contribution in [-0.4, -0.2) is 67.6 Å². The molecule has 170 valence electrons. The van der Waals surface area contributed by atoms with Gasteiger partial charge >= 0.3 is 0 Å². The number of carbonyl (C=O) groups excluding carboxylic acids is 1. The summed E-state index contributed by atoms with van der Waals surface area (Å²) in [4.78, 5) is 12.2. The Morgan fingerprint density at radius 1 is 1.25 bits per heavy atom. The molecule has 2 heterocycles. The summed E-state index contributed by atoms with van der Waals surface area (Å²) in [6.07, 6.45) is -0.487. The van der Waals surface area contributed by atoms with Gasteiger partial charge in [0.1, 0.15) is 18.3 Å². The highest BCUT2D eigenvalue weighted by Crippen LogP contribution is 2.17. The topological polar surface area (TPSA) is 113 Å². The Bertz CT molecular complexity index is 902. The zero-order valence-corrected chi connectivity index (χ0v) is 17.9. The van der Waals surface area contributed by atoms with Gasteiger partial charge in [0.2, 0.25) is 12.5 Å². The minimum Gasteiger partial charge on any atom is -0.493 e. The molecule has 2 atom stereocenters. The first-order valence-electron chi connectivity index (χ1n) is 10.8. The number of hydrogen-bond donors (Lipinski definition) is 5. The number of hydrazine groups is 1. The summed E-state index contributed by atoms with van der Waals surface area (Å²) < 4.78 is 7.35. The lowest BCUT2D eigenvalue weighted by atomic mass is 10.2. The van der Waals surface area contributed by atoms with Gasteiger partial charge in [-0.25, -0.2) is 5.43 Å². The lowest BCUT2D eigenvalue weighted by Gasteiger charge is -2.17. The fraction of sp³-hybridized carbons (Fsp3) is 0.409. The molecule has 0 aliphatic carbocycles. The Morgan fingerprint density at radius 2 is 2.06 bits per heavy atom. The van der Waals surface area contributed by atoms with Crippen molar-refractivity contribution in [1.29, 1.82) is 0 Å². The number of nitrogens with one attached hydrogen (secondary N) is 4. The van der Waals surface area contributed by atoms with Crippen molar-refractivity contribution in [2.75, 3.05) is 49.9 Å². The van der Waals surface area contributed by atoms with E-state index >= 15 is 0 Å². The number of hydrogen-bond acceptors (Lipinski definition) is 8. The van der Waals surface area contributed by atoms with E-state index in [1.807, 2.05) is 59.6 Å². The molecular weight excluding hydrogens is 410 g/mol. The van der Waals surface area contributed by atoms with Crippen molar-refractivity contribution in [2.45, 2.75) is 18.7 Å². The standard InChI is InChI=1S/C22H29N7O3/c30-21(10-11-32-20-4-2-1-3-5-20)27-18-12-24-28(13-18)14-22(31)26-17-6-8-19(9-7-17)29-16-23-15-25-29/h1-9,18,22-23,25-26,31H,10-16H2/p+1. The predicted molar refractivity (Wildman–Crippen MR) is 120 cm³/mol. The van der Waals surface area contributed by atoms with Crippen molar-refractivity contribution < 1.29 is 19.3 Å². The summed E-state index contributed by atoms with van der Waals surface area (Å²) in [5.74, 6) is 0.688. The number of nitrogens with zero attached hydrogens (tertiary/aromatic N) is 3. The van der Waals surface area contributed by atoms with Gasteiger partial charge in [0, 0.05) is 5.69 Å². The molecule has 32 heavy (non-hydrogen) atoms. The summed E-state index contributed by atoms with van der Waals surface area (Å²) in [6.45, 7) is 3.24. The van der Waals surface area contributed by atoms with E-state index in [0.29, 0.717) is 26.2 Å². The number of β-amino-alcohol motifs (C(OH)–C–C–N with tert-alkyl or cyclic N) is 1. The average molecular weight is 441 g/mol. The molecule has 5 N–H and O–H groups in total. The number of azo groups is 2. The second kappa shape index (κ2) is 10.9. The van der Waals surface area contributed by atoms with Gasteiger partial charge in [-0.15, -0.1) is 4.70 Å². The monoisotopic (exact) mass is 440 g/mol. The molecule has 2 aliphatic heterocycles. The molecule has 2 aromatic rings. The average Bonchev–Trinajstić information content (AvgIpc) is 3.48. The van der Waals surface area contributed by atoms with Gasteiger partial charge < -0.3 is 20.5 Å². The molecule has 10 nitrogen and oxygen atoms in total. The first-order chi connectivity index (χ1) is 15.7.